The molecule has 1 fully saturated rings. The molecule has 0 radical (unpaired) electrons. The molecule has 0 bridgehead atoms. The molecule has 20 heavy (non-hydrogen) atoms. The number of hydrogen-bond acceptors (Lipinski definition) is 1. The van der Waals surface area contributed by atoms with Crippen molar-refractivity contribution in [1.82, 2.24) is 5.32 Å². The maximum atomic E-state index is 12.5. The van der Waals surface area contributed by atoms with E-state index in [0.717, 1.165) is 25.7 Å². The summed E-state index contributed by atoms with van der Waals surface area (Å²) in [6.07, 6.45) is 7.74. The van der Waals surface area contributed by atoms with E-state index in [-0.39, 0.29) is 11.8 Å². The molecule has 2 aliphatic rings. The van der Waals surface area contributed by atoms with Crippen molar-refractivity contribution < 1.29 is 4.79 Å². The number of aryl methyl sites for hydroxylation is 1. The summed E-state index contributed by atoms with van der Waals surface area (Å²) in [6, 6.07) is 8.86. The van der Waals surface area contributed by atoms with Crippen molar-refractivity contribution in [2.45, 2.75) is 55.8 Å². The predicted molar refractivity (Wildman–Crippen MR) is 85.1 cm³/mol. The zero-order valence-electron chi connectivity index (χ0n) is 11.8. The second-order valence-electron chi connectivity index (χ2n) is 6.12. The molecule has 1 saturated carbocycles. The van der Waals surface area contributed by atoms with Gasteiger partial charge in [0.25, 0.3) is 0 Å². The first-order chi connectivity index (χ1) is 9.74. The fourth-order valence-electron chi connectivity index (χ4n) is 3.47. The van der Waals surface area contributed by atoms with Gasteiger partial charge in [-0.3, -0.25) is 4.79 Å². The zero-order chi connectivity index (χ0) is 13.9. The van der Waals surface area contributed by atoms with E-state index < -0.39 is 0 Å². The SMILES string of the molecule is O=C(NC1CCCCC1Br)C1CCc2ccccc2C1. The summed E-state index contributed by atoms with van der Waals surface area (Å²) in [5.74, 6) is 0.419. The molecule has 3 heteroatoms. The third-order valence-corrected chi connectivity index (χ3v) is 5.82. The Labute approximate surface area is 129 Å². The zero-order valence-corrected chi connectivity index (χ0v) is 13.4. The van der Waals surface area contributed by atoms with Gasteiger partial charge in [0.05, 0.1) is 0 Å². The van der Waals surface area contributed by atoms with E-state index in [2.05, 4.69) is 45.5 Å². The topological polar surface area (TPSA) is 29.1 Å². The van der Waals surface area contributed by atoms with Gasteiger partial charge in [0, 0.05) is 16.8 Å². The molecule has 0 aromatic heterocycles. The Morgan fingerprint density at radius 3 is 2.65 bits per heavy atom. The van der Waals surface area contributed by atoms with Crippen LogP contribution in [0, 0.1) is 5.92 Å². The van der Waals surface area contributed by atoms with Crippen LogP contribution in [0.25, 0.3) is 0 Å². The first kappa shape index (κ1) is 14.1. The Kier molecular flexibility index (Phi) is 4.45. The van der Waals surface area contributed by atoms with Crippen LogP contribution in [0.3, 0.4) is 0 Å². The van der Waals surface area contributed by atoms with Crippen LogP contribution in [-0.4, -0.2) is 16.8 Å². The number of alkyl halides is 1. The molecule has 0 saturated heterocycles. The van der Waals surface area contributed by atoms with Gasteiger partial charge >= 0.3 is 0 Å². The lowest BCUT2D eigenvalue weighted by atomic mass is 9.83. The van der Waals surface area contributed by atoms with Crippen molar-refractivity contribution in [3.8, 4) is 0 Å². The summed E-state index contributed by atoms with van der Waals surface area (Å²) in [5.41, 5.74) is 2.78. The third kappa shape index (κ3) is 3.08. The lowest BCUT2D eigenvalue weighted by Crippen LogP contribution is -2.46. The highest BCUT2D eigenvalue weighted by atomic mass is 79.9. The minimum Gasteiger partial charge on any atom is -0.352 e. The minimum absolute atomic E-state index is 0.159. The highest BCUT2D eigenvalue weighted by molar-refractivity contribution is 9.09. The van der Waals surface area contributed by atoms with Crippen LogP contribution in [-0.2, 0) is 17.6 Å². The van der Waals surface area contributed by atoms with Crippen molar-refractivity contribution in [2.24, 2.45) is 5.92 Å². The summed E-state index contributed by atoms with van der Waals surface area (Å²) in [4.78, 5) is 12.9. The molecular weight excluding hydrogens is 314 g/mol. The Balaban J connectivity index is 1.61. The van der Waals surface area contributed by atoms with Gasteiger partial charge in [-0.2, -0.15) is 0 Å². The van der Waals surface area contributed by atoms with E-state index in [4.69, 9.17) is 0 Å². The highest BCUT2D eigenvalue weighted by Gasteiger charge is 2.29. The molecule has 1 N–H and O–H groups in total. The number of hydrogen-bond donors (Lipinski definition) is 1. The number of amides is 1. The van der Waals surface area contributed by atoms with Crippen molar-refractivity contribution in [3.05, 3.63) is 35.4 Å². The minimum atomic E-state index is 0.159. The quantitative estimate of drug-likeness (QED) is 0.822. The first-order valence-corrected chi connectivity index (χ1v) is 8.67. The number of benzene rings is 1. The molecule has 2 aliphatic carbocycles. The smallest absolute Gasteiger partial charge is 0.223 e. The summed E-state index contributed by atoms with van der Waals surface area (Å²) >= 11 is 3.72. The number of carbonyl (C=O) groups excluding carboxylic acids is 1. The molecule has 0 spiro atoms. The molecule has 1 aromatic carbocycles. The molecule has 108 valence electrons. The largest absolute Gasteiger partial charge is 0.352 e. The van der Waals surface area contributed by atoms with E-state index in [1.165, 1.54) is 30.4 Å². The van der Waals surface area contributed by atoms with E-state index in [1.807, 2.05) is 0 Å². The fourth-order valence-corrected chi connectivity index (χ4v) is 4.19. The van der Waals surface area contributed by atoms with Crippen LogP contribution >= 0.6 is 15.9 Å². The molecule has 1 amide bonds. The third-order valence-electron chi connectivity index (χ3n) is 4.73. The van der Waals surface area contributed by atoms with Crippen molar-refractivity contribution in [3.63, 3.8) is 0 Å². The van der Waals surface area contributed by atoms with Crippen molar-refractivity contribution in [2.75, 3.05) is 0 Å². The molecule has 2 nitrogen and oxygen atoms in total. The average molecular weight is 336 g/mol. The van der Waals surface area contributed by atoms with Gasteiger partial charge in [-0.25, -0.2) is 0 Å². The van der Waals surface area contributed by atoms with E-state index in [1.54, 1.807) is 0 Å². The van der Waals surface area contributed by atoms with E-state index in [9.17, 15) is 4.79 Å². The van der Waals surface area contributed by atoms with Crippen molar-refractivity contribution >= 4 is 21.8 Å². The molecule has 0 aliphatic heterocycles. The number of carbonyl (C=O) groups is 1. The fraction of sp³-hybridized carbons (Fsp3) is 0.588. The van der Waals surface area contributed by atoms with Crippen molar-refractivity contribution in [1.29, 1.82) is 0 Å². The van der Waals surface area contributed by atoms with Gasteiger partial charge in [-0.05, 0) is 43.2 Å². The predicted octanol–water partition coefficient (Wildman–Crippen LogP) is 3.61. The van der Waals surface area contributed by atoms with Crippen LogP contribution in [0.4, 0.5) is 0 Å². The van der Waals surface area contributed by atoms with Gasteiger partial charge in [0.2, 0.25) is 5.91 Å². The van der Waals surface area contributed by atoms with Gasteiger partial charge < -0.3 is 5.32 Å². The lowest BCUT2D eigenvalue weighted by Gasteiger charge is -2.31. The normalized spacial score (nSPS) is 29.6. The standard InChI is InChI=1S/C17H22BrNO/c18-15-7-3-4-8-16(15)19-17(20)14-10-9-12-5-1-2-6-13(12)11-14/h1-2,5-6,14-16H,3-4,7-11H2,(H,19,20). The van der Waals surface area contributed by atoms with E-state index >= 15 is 0 Å². The van der Waals surface area contributed by atoms with Crippen LogP contribution in [0.1, 0.15) is 43.2 Å². The van der Waals surface area contributed by atoms with E-state index in [0.29, 0.717) is 10.9 Å². The maximum absolute atomic E-state index is 12.5. The number of nitrogens with one attached hydrogen (secondary N) is 1. The lowest BCUT2D eigenvalue weighted by molar-refractivity contribution is -0.126. The molecular formula is C17H22BrNO. The first-order valence-electron chi connectivity index (χ1n) is 7.75. The Bertz CT molecular complexity index is 488. The second-order valence-corrected chi connectivity index (χ2v) is 7.30. The number of rotatable bonds is 2. The maximum Gasteiger partial charge on any atom is 0.223 e. The summed E-state index contributed by atoms with van der Waals surface area (Å²) < 4.78 is 0. The monoisotopic (exact) mass is 335 g/mol. The molecule has 0 heterocycles. The molecule has 3 atom stereocenters. The summed E-state index contributed by atoms with van der Waals surface area (Å²) in [5, 5.41) is 3.28. The Morgan fingerprint density at radius 1 is 1.10 bits per heavy atom. The van der Waals surface area contributed by atoms with Gasteiger partial charge in [0.15, 0.2) is 0 Å². The number of fused-ring (bicyclic) bond motifs is 1. The van der Waals surface area contributed by atoms with Gasteiger partial charge in [0.1, 0.15) is 0 Å². The molecule has 1 aromatic rings. The van der Waals surface area contributed by atoms with Gasteiger partial charge in [-0.1, -0.05) is 53.0 Å². The molecule has 3 rings (SSSR count). The van der Waals surface area contributed by atoms with Gasteiger partial charge in [-0.15, -0.1) is 0 Å². The second kappa shape index (κ2) is 6.30. The summed E-state index contributed by atoms with van der Waals surface area (Å²) in [7, 11) is 0. The summed E-state index contributed by atoms with van der Waals surface area (Å²) in [6.45, 7) is 0. The Hall–Kier alpha value is -0.830. The Morgan fingerprint density at radius 2 is 1.85 bits per heavy atom. The average Bonchev–Trinajstić information content (AvgIpc) is 2.49. The number of halogens is 1. The highest BCUT2D eigenvalue weighted by Crippen LogP contribution is 2.28. The van der Waals surface area contributed by atoms with Crippen LogP contribution in [0.15, 0.2) is 24.3 Å². The van der Waals surface area contributed by atoms with Crippen LogP contribution in [0.5, 0.6) is 0 Å². The van der Waals surface area contributed by atoms with Crippen LogP contribution in [0.2, 0.25) is 0 Å². The molecule has 3 unspecified atom stereocenters. The van der Waals surface area contributed by atoms with Crippen LogP contribution < -0.4 is 5.32 Å².